The van der Waals surface area contributed by atoms with E-state index in [2.05, 4.69) is 10.3 Å². The minimum Gasteiger partial charge on any atom is -0.388 e. The molecule has 0 spiro atoms. The molecule has 5 heteroatoms. The van der Waals surface area contributed by atoms with Crippen LogP contribution in [0.4, 0.5) is 0 Å². The lowest BCUT2D eigenvalue weighted by molar-refractivity contribution is 0.0946. The van der Waals surface area contributed by atoms with Gasteiger partial charge < -0.3 is 10.4 Å². The number of carbonyl (C=O) groups is 1. The van der Waals surface area contributed by atoms with E-state index < -0.39 is 6.10 Å². The Morgan fingerprint density at radius 3 is 2.79 bits per heavy atom. The Balaban J connectivity index is 1.81. The predicted octanol–water partition coefficient (Wildman–Crippen LogP) is 2.31. The Morgan fingerprint density at radius 2 is 2.16 bits per heavy atom. The van der Waals surface area contributed by atoms with Gasteiger partial charge in [0.2, 0.25) is 0 Å². The van der Waals surface area contributed by atoms with Crippen molar-refractivity contribution in [2.75, 3.05) is 6.54 Å². The molecule has 0 aliphatic rings. The summed E-state index contributed by atoms with van der Waals surface area (Å²) in [5, 5.41) is 12.8. The van der Waals surface area contributed by atoms with Gasteiger partial charge >= 0.3 is 0 Å². The first-order valence-electron chi connectivity index (χ1n) is 6.10. The second-order valence-corrected chi connectivity index (χ2v) is 5.09. The van der Waals surface area contributed by atoms with Crippen molar-refractivity contribution in [2.45, 2.75) is 19.4 Å². The molecule has 1 heterocycles. The molecule has 0 radical (unpaired) electrons. The van der Waals surface area contributed by atoms with Gasteiger partial charge in [-0.25, -0.2) is 4.98 Å². The van der Waals surface area contributed by atoms with Crippen molar-refractivity contribution in [3.8, 4) is 0 Å². The first-order valence-corrected chi connectivity index (χ1v) is 6.97. The Morgan fingerprint density at radius 1 is 1.42 bits per heavy atom. The summed E-state index contributed by atoms with van der Waals surface area (Å²) in [6.45, 7) is 2.25. The predicted molar refractivity (Wildman–Crippen MR) is 75.2 cm³/mol. The van der Waals surface area contributed by atoms with Gasteiger partial charge in [0.15, 0.2) is 0 Å². The van der Waals surface area contributed by atoms with Gasteiger partial charge in [0, 0.05) is 6.54 Å². The molecule has 100 valence electrons. The van der Waals surface area contributed by atoms with Gasteiger partial charge in [-0.3, -0.25) is 4.79 Å². The van der Waals surface area contributed by atoms with Crippen molar-refractivity contribution in [2.24, 2.45) is 0 Å². The van der Waals surface area contributed by atoms with Crippen LogP contribution >= 0.6 is 11.3 Å². The number of aryl methyl sites for hydroxylation is 1. The number of hydrogen-bond donors (Lipinski definition) is 2. The minimum atomic E-state index is -0.552. The van der Waals surface area contributed by atoms with Gasteiger partial charge in [-0.15, -0.1) is 11.3 Å². The molecule has 1 atom stereocenters. The van der Waals surface area contributed by atoms with Crippen LogP contribution in [0.1, 0.15) is 33.5 Å². The van der Waals surface area contributed by atoms with Gasteiger partial charge in [-0.05, 0) is 18.9 Å². The summed E-state index contributed by atoms with van der Waals surface area (Å²) in [5.74, 6) is -0.125. The number of rotatable bonds is 5. The average molecular weight is 276 g/mol. The van der Waals surface area contributed by atoms with Gasteiger partial charge in [0.1, 0.15) is 4.88 Å². The Hall–Kier alpha value is -1.72. The molecule has 1 amide bonds. The number of benzene rings is 1. The van der Waals surface area contributed by atoms with Crippen molar-refractivity contribution in [1.29, 1.82) is 0 Å². The Labute approximate surface area is 116 Å². The van der Waals surface area contributed by atoms with E-state index in [0.29, 0.717) is 17.8 Å². The monoisotopic (exact) mass is 276 g/mol. The van der Waals surface area contributed by atoms with E-state index in [4.69, 9.17) is 0 Å². The fourth-order valence-electron chi connectivity index (χ4n) is 1.76. The lowest BCUT2D eigenvalue weighted by atomic mass is 10.1. The molecule has 0 aliphatic heterocycles. The summed E-state index contributed by atoms with van der Waals surface area (Å²) < 4.78 is 0. The highest BCUT2D eigenvalue weighted by molar-refractivity contribution is 7.11. The fraction of sp³-hybridized carbons (Fsp3) is 0.286. The third-order valence-corrected chi connectivity index (χ3v) is 3.77. The number of amides is 1. The Kier molecular flexibility index (Phi) is 4.65. The number of hydrogen-bond acceptors (Lipinski definition) is 4. The highest BCUT2D eigenvalue weighted by atomic mass is 32.1. The SMILES string of the molecule is Cc1ncsc1C(=O)NCCC(O)c1ccccc1. The zero-order valence-corrected chi connectivity index (χ0v) is 11.5. The van der Waals surface area contributed by atoms with Crippen molar-refractivity contribution < 1.29 is 9.90 Å². The maximum absolute atomic E-state index is 11.8. The number of aliphatic hydroxyl groups excluding tert-OH is 1. The van der Waals surface area contributed by atoms with Gasteiger partial charge in [-0.2, -0.15) is 0 Å². The smallest absolute Gasteiger partial charge is 0.263 e. The molecule has 0 fully saturated rings. The zero-order chi connectivity index (χ0) is 13.7. The average Bonchev–Trinajstić information content (AvgIpc) is 2.86. The summed E-state index contributed by atoms with van der Waals surface area (Å²) in [6.07, 6.45) is -0.0581. The molecule has 0 saturated heterocycles. The van der Waals surface area contributed by atoms with E-state index in [9.17, 15) is 9.90 Å². The summed E-state index contributed by atoms with van der Waals surface area (Å²) in [5.41, 5.74) is 3.26. The van der Waals surface area contributed by atoms with Gasteiger partial charge in [0.05, 0.1) is 17.3 Å². The van der Waals surface area contributed by atoms with Crippen molar-refractivity contribution in [3.05, 3.63) is 52.0 Å². The van der Waals surface area contributed by atoms with Crippen LogP contribution in [0.5, 0.6) is 0 Å². The number of nitrogens with one attached hydrogen (secondary N) is 1. The van der Waals surface area contributed by atoms with Crippen LogP contribution in [0.25, 0.3) is 0 Å². The highest BCUT2D eigenvalue weighted by Crippen LogP contribution is 2.15. The lowest BCUT2D eigenvalue weighted by Crippen LogP contribution is -2.25. The molecule has 4 nitrogen and oxygen atoms in total. The maximum Gasteiger partial charge on any atom is 0.263 e. The topological polar surface area (TPSA) is 62.2 Å². The van der Waals surface area contributed by atoms with Crippen LogP contribution in [-0.4, -0.2) is 22.5 Å². The summed E-state index contributed by atoms with van der Waals surface area (Å²) in [6, 6.07) is 9.43. The van der Waals surface area contributed by atoms with Crippen LogP contribution in [0.3, 0.4) is 0 Å². The molecule has 0 saturated carbocycles. The third kappa shape index (κ3) is 3.62. The normalized spacial score (nSPS) is 12.1. The second kappa shape index (κ2) is 6.45. The van der Waals surface area contributed by atoms with Crippen molar-refractivity contribution in [3.63, 3.8) is 0 Å². The molecule has 0 aliphatic carbocycles. The minimum absolute atomic E-state index is 0.125. The molecule has 0 bridgehead atoms. The lowest BCUT2D eigenvalue weighted by Gasteiger charge is -2.11. The van der Waals surface area contributed by atoms with E-state index in [1.807, 2.05) is 37.3 Å². The zero-order valence-electron chi connectivity index (χ0n) is 10.7. The van der Waals surface area contributed by atoms with E-state index in [1.54, 1.807) is 5.51 Å². The van der Waals surface area contributed by atoms with Gasteiger partial charge in [0.25, 0.3) is 5.91 Å². The third-order valence-electron chi connectivity index (χ3n) is 2.84. The van der Waals surface area contributed by atoms with E-state index in [1.165, 1.54) is 11.3 Å². The molecule has 1 aromatic carbocycles. The van der Waals surface area contributed by atoms with Gasteiger partial charge in [-0.1, -0.05) is 30.3 Å². The molecule has 19 heavy (non-hydrogen) atoms. The molecule has 2 rings (SSSR count). The number of thiazole rings is 1. The van der Waals surface area contributed by atoms with Crippen LogP contribution in [0.15, 0.2) is 35.8 Å². The van der Waals surface area contributed by atoms with Crippen molar-refractivity contribution in [1.82, 2.24) is 10.3 Å². The number of aromatic nitrogens is 1. The maximum atomic E-state index is 11.8. The molecule has 2 N–H and O–H groups in total. The molecular formula is C14H16N2O2S. The Bertz CT molecular complexity index is 539. The first-order chi connectivity index (χ1) is 9.18. The standard InChI is InChI=1S/C14H16N2O2S/c1-10-13(19-9-16-10)14(18)15-8-7-12(17)11-5-3-2-4-6-11/h2-6,9,12,17H,7-8H2,1H3,(H,15,18). The van der Waals surface area contributed by atoms with Crippen LogP contribution < -0.4 is 5.32 Å². The summed E-state index contributed by atoms with van der Waals surface area (Å²) in [7, 11) is 0. The van der Waals surface area contributed by atoms with E-state index in [0.717, 1.165) is 11.3 Å². The number of nitrogens with zero attached hydrogens (tertiary/aromatic N) is 1. The molecule has 1 unspecified atom stereocenters. The quantitative estimate of drug-likeness (QED) is 0.881. The van der Waals surface area contributed by atoms with Crippen LogP contribution in [0, 0.1) is 6.92 Å². The molecular weight excluding hydrogens is 260 g/mol. The highest BCUT2D eigenvalue weighted by Gasteiger charge is 2.12. The number of carbonyl (C=O) groups excluding carboxylic acids is 1. The van der Waals surface area contributed by atoms with Crippen LogP contribution in [0.2, 0.25) is 0 Å². The summed E-state index contributed by atoms with van der Waals surface area (Å²) in [4.78, 5) is 16.5. The molecule has 1 aromatic heterocycles. The van der Waals surface area contributed by atoms with Crippen LogP contribution in [-0.2, 0) is 0 Å². The van der Waals surface area contributed by atoms with E-state index >= 15 is 0 Å². The largest absolute Gasteiger partial charge is 0.388 e. The second-order valence-electron chi connectivity index (χ2n) is 4.24. The molecule has 2 aromatic rings. The van der Waals surface area contributed by atoms with E-state index in [-0.39, 0.29) is 5.91 Å². The fourth-order valence-corrected chi connectivity index (χ4v) is 2.48. The van der Waals surface area contributed by atoms with Crippen molar-refractivity contribution >= 4 is 17.2 Å². The number of aliphatic hydroxyl groups is 1. The summed E-state index contributed by atoms with van der Waals surface area (Å²) >= 11 is 1.33. The first kappa shape index (κ1) is 13.7.